The van der Waals surface area contributed by atoms with E-state index in [2.05, 4.69) is 20.3 Å². The number of methoxy groups -OCH3 is 1. The number of ether oxygens (including phenoxy) is 2. The lowest BCUT2D eigenvalue weighted by atomic mass is 10.2. The minimum atomic E-state index is 0.258. The van der Waals surface area contributed by atoms with Gasteiger partial charge in [0.25, 0.3) is 0 Å². The number of hydrogen-bond donors (Lipinski definition) is 0. The van der Waals surface area contributed by atoms with Gasteiger partial charge in [0.05, 0.1) is 17.9 Å². The summed E-state index contributed by atoms with van der Waals surface area (Å²) in [5.74, 6) is 3.49. The molecular formula is C20H18ClN5O3S. The molecule has 0 aliphatic carbocycles. The van der Waals surface area contributed by atoms with Crippen molar-refractivity contribution in [3.8, 4) is 22.9 Å². The Hall–Kier alpha value is -3.04. The van der Waals surface area contributed by atoms with Crippen LogP contribution in [-0.2, 0) is 19.4 Å². The second-order valence-electron chi connectivity index (χ2n) is 6.21. The zero-order valence-corrected chi connectivity index (χ0v) is 17.9. The number of nitrogens with zero attached hydrogens (tertiary/aromatic N) is 5. The standard InChI is InChI=1S/C20H18ClN5O3S/c1-26-17(11-28-16-9-4-3-8-15(16)21)23-24-20(26)30-12-18-22-19(25-29-18)13-6-5-7-14(10-13)27-2/h3-10H,11-12H2,1-2H3. The van der Waals surface area contributed by atoms with Crippen molar-refractivity contribution in [2.45, 2.75) is 17.5 Å². The highest BCUT2D eigenvalue weighted by atomic mass is 35.5. The van der Waals surface area contributed by atoms with Crippen molar-refractivity contribution in [1.29, 1.82) is 0 Å². The molecule has 4 aromatic rings. The van der Waals surface area contributed by atoms with Gasteiger partial charge in [0.2, 0.25) is 11.7 Å². The van der Waals surface area contributed by atoms with Crippen LogP contribution >= 0.6 is 23.4 Å². The molecule has 0 saturated heterocycles. The van der Waals surface area contributed by atoms with Gasteiger partial charge in [-0.2, -0.15) is 4.98 Å². The lowest BCUT2D eigenvalue weighted by Crippen LogP contribution is -2.04. The SMILES string of the molecule is COc1cccc(-c2noc(CSc3nnc(COc4ccccc4Cl)n3C)n2)c1. The van der Waals surface area contributed by atoms with Crippen molar-refractivity contribution in [3.63, 3.8) is 0 Å². The fourth-order valence-electron chi connectivity index (χ4n) is 2.62. The van der Waals surface area contributed by atoms with Gasteiger partial charge in [-0.05, 0) is 24.3 Å². The Labute approximate surface area is 182 Å². The zero-order chi connectivity index (χ0) is 20.9. The highest BCUT2D eigenvalue weighted by molar-refractivity contribution is 7.98. The van der Waals surface area contributed by atoms with Crippen LogP contribution in [0.15, 0.2) is 58.2 Å². The topological polar surface area (TPSA) is 88.1 Å². The Kier molecular flexibility index (Phi) is 6.20. The van der Waals surface area contributed by atoms with Crippen LogP contribution in [0.3, 0.4) is 0 Å². The molecule has 0 atom stereocenters. The fourth-order valence-corrected chi connectivity index (χ4v) is 3.58. The van der Waals surface area contributed by atoms with Crippen LogP contribution in [0.25, 0.3) is 11.4 Å². The van der Waals surface area contributed by atoms with E-state index in [9.17, 15) is 0 Å². The Balaban J connectivity index is 1.38. The molecule has 0 radical (unpaired) electrons. The number of hydrogen-bond acceptors (Lipinski definition) is 8. The van der Waals surface area contributed by atoms with Crippen molar-refractivity contribution >= 4 is 23.4 Å². The number of benzene rings is 2. The summed E-state index contributed by atoms with van der Waals surface area (Å²) >= 11 is 7.56. The van der Waals surface area contributed by atoms with Gasteiger partial charge in [-0.15, -0.1) is 10.2 Å². The highest BCUT2D eigenvalue weighted by Crippen LogP contribution is 2.26. The van der Waals surface area contributed by atoms with E-state index < -0.39 is 0 Å². The Morgan fingerprint density at radius 1 is 1.13 bits per heavy atom. The maximum atomic E-state index is 6.11. The third kappa shape index (κ3) is 4.58. The summed E-state index contributed by atoms with van der Waals surface area (Å²) in [5, 5.41) is 13.7. The summed E-state index contributed by atoms with van der Waals surface area (Å²) < 4.78 is 18.2. The lowest BCUT2D eigenvalue weighted by Gasteiger charge is -2.07. The first-order chi connectivity index (χ1) is 14.6. The Bertz CT molecular complexity index is 1150. The molecule has 0 bridgehead atoms. The molecule has 30 heavy (non-hydrogen) atoms. The van der Waals surface area contributed by atoms with E-state index in [1.807, 2.05) is 54.1 Å². The molecule has 0 unspecified atom stereocenters. The quantitative estimate of drug-likeness (QED) is 0.370. The van der Waals surface area contributed by atoms with Gasteiger partial charge in [-0.25, -0.2) is 0 Å². The maximum absolute atomic E-state index is 6.11. The monoisotopic (exact) mass is 443 g/mol. The largest absolute Gasteiger partial charge is 0.497 e. The number of halogens is 1. The van der Waals surface area contributed by atoms with E-state index in [1.54, 1.807) is 13.2 Å². The summed E-state index contributed by atoms with van der Waals surface area (Å²) in [6.45, 7) is 0.258. The third-order valence-electron chi connectivity index (χ3n) is 4.24. The highest BCUT2D eigenvalue weighted by Gasteiger charge is 2.14. The van der Waals surface area contributed by atoms with E-state index >= 15 is 0 Å². The molecule has 2 aromatic carbocycles. The van der Waals surface area contributed by atoms with Crippen molar-refractivity contribution in [2.24, 2.45) is 7.05 Å². The Morgan fingerprint density at radius 2 is 2.00 bits per heavy atom. The fraction of sp³-hybridized carbons (Fsp3) is 0.200. The molecule has 0 aliphatic heterocycles. The number of para-hydroxylation sites is 1. The molecule has 0 N–H and O–H groups in total. The van der Waals surface area contributed by atoms with E-state index in [-0.39, 0.29) is 6.61 Å². The number of aromatic nitrogens is 5. The lowest BCUT2D eigenvalue weighted by molar-refractivity contribution is 0.290. The van der Waals surface area contributed by atoms with Gasteiger partial charge < -0.3 is 18.6 Å². The molecule has 10 heteroatoms. The molecular weight excluding hydrogens is 426 g/mol. The minimum absolute atomic E-state index is 0.258. The van der Waals surface area contributed by atoms with Gasteiger partial charge >= 0.3 is 0 Å². The molecule has 0 fully saturated rings. The summed E-state index contributed by atoms with van der Waals surface area (Å²) in [7, 11) is 3.50. The second-order valence-corrected chi connectivity index (χ2v) is 7.56. The first-order valence-corrected chi connectivity index (χ1v) is 10.4. The average molecular weight is 444 g/mol. The Morgan fingerprint density at radius 3 is 2.83 bits per heavy atom. The van der Waals surface area contributed by atoms with Crippen LogP contribution in [0.5, 0.6) is 11.5 Å². The zero-order valence-electron chi connectivity index (χ0n) is 16.3. The van der Waals surface area contributed by atoms with Crippen LogP contribution in [-0.4, -0.2) is 32.0 Å². The predicted molar refractivity (Wildman–Crippen MR) is 113 cm³/mol. The van der Waals surface area contributed by atoms with Crippen molar-refractivity contribution < 1.29 is 14.0 Å². The summed E-state index contributed by atoms with van der Waals surface area (Å²) in [6, 6.07) is 14.8. The van der Waals surface area contributed by atoms with Gasteiger partial charge in [0.15, 0.2) is 11.0 Å². The molecule has 2 heterocycles. The first kappa shape index (κ1) is 20.2. The first-order valence-electron chi connectivity index (χ1n) is 8.99. The molecule has 154 valence electrons. The van der Waals surface area contributed by atoms with Crippen molar-refractivity contribution in [2.75, 3.05) is 7.11 Å². The molecule has 0 aliphatic rings. The van der Waals surface area contributed by atoms with Crippen LogP contribution in [0.4, 0.5) is 0 Å². The molecule has 2 aromatic heterocycles. The molecule has 0 spiro atoms. The molecule has 4 rings (SSSR count). The van der Waals surface area contributed by atoms with Gasteiger partial charge in [0, 0.05) is 12.6 Å². The summed E-state index contributed by atoms with van der Waals surface area (Å²) in [6.07, 6.45) is 0. The van der Waals surface area contributed by atoms with Crippen LogP contribution in [0, 0.1) is 0 Å². The maximum Gasteiger partial charge on any atom is 0.237 e. The van der Waals surface area contributed by atoms with Gasteiger partial charge in [0.1, 0.15) is 18.1 Å². The second kappa shape index (κ2) is 9.19. The molecule has 8 nitrogen and oxygen atoms in total. The third-order valence-corrected chi connectivity index (χ3v) is 5.56. The van der Waals surface area contributed by atoms with Crippen LogP contribution < -0.4 is 9.47 Å². The van der Waals surface area contributed by atoms with E-state index in [0.717, 1.165) is 11.3 Å². The minimum Gasteiger partial charge on any atom is -0.497 e. The van der Waals surface area contributed by atoms with Crippen LogP contribution in [0.1, 0.15) is 11.7 Å². The molecule has 0 saturated carbocycles. The van der Waals surface area contributed by atoms with E-state index in [4.69, 9.17) is 25.6 Å². The van der Waals surface area contributed by atoms with Gasteiger partial charge in [-0.3, -0.25) is 0 Å². The van der Waals surface area contributed by atoms with Gasteiger partial charge in [-0.1, -0.05) is 52.8 Å². The predicted octanol–water partition coefficient (Wildman–Crippen LogP) is 4.40. The van der Waals surface area contributed by atoms with E-state index in [0.29, 0.717) is 39.2 Å². The average Bonchev–Trinajstić information content (AvgIpc) is 3.38. The number of thioether (sulfide) groups is 1. The van der Waals surface area contributed by atoms with E-state index in [1.165, 1.54) is 11.8 Å². The normalized spacial score (nSPS) is 10.9. The summed E-state index contributed by atoms with van der Waals surface area (Å²) in [5.41, 5.74) is 0.826. The number of rotatable bonds is 8. The van der Waals surface area contributed by atoms with Crippen LogP contribution in [0.2, 0.25) is 5.02 Å². The van der Waals surface area contributed by atoms with Crippen molar-refractivity contribution in [3.05, 3.63) is 65.3 Å². The summed E-state index contributed by atoms with van der Waals surface area (Å²) in [4.78, 5) is 4.44. The molecule has 0 amide bonds. The van der Waals surface area contributed by atoms with Crippen molar-refractivity contribution in [1.82, 2.24) is 24.9 Å². The smallest absolute Gasteiger partial charge is 0.237 e.